The summed E-state index contributed by atoms with van der Waals surface area (Å²) in [7, 11) is 0. The van der Waals surface area contributed by atoms with E-state index in [1.807, 2.05) is 0 Å². The first-order chi connectivity index (χ1) is 6.85. The van der Waals surface area contributed by atoms with Gasteiger partial charge in [0.1, 0.15) is 0 Å². The van der Waals surface area contributed by atoms with Crippen molar-refractivity contribution in [2.75, 3.05) is 0 Å². The van der Waals surface area contributed by atoms with Crippen molar-refractivity contribution in [3.63, 3.8) is 0 Å². The molecule has 0 aliphatic heterocycles. The first kappa shape index (κ1) is 13.1. The molecule has 0 N–H and O–H groups in total. The zero-order valence-corrected chi connectivity index (χ0v) is 9.82. The molecule has 0 aliphatic rings. The topological polar surface area (TPSA) is 0 Å². The molecule has 0 nitrogen and oxygen atoms in total. The fourth-order valence-corrected chi connectivity index (χ4v) is 1.12. The fraction of sp³-hybridized carbons (Fsp3) is 0.714. The van der Waals surface area contributed by atoms with E-state index in [4.69, 9.17) is 0 Å². The Hall–Kier alpha value is -0.880. The summed E-state index contributed by atoms with van der Waals surface area (Å²) in [5.41, 5.74) is 0. The van der Waals surface area contributed by atoms with Crippen LogP contribution in [-0.2, 0) is 0 Å². The van der Waals surface area contributed by atoms with Crippen LogP contribution in [0.1, 0.15) is 59.3 Å². The van der Waals surface area contributed by atoms with Crippen molar-refractivity contribution in [3.05, 3.63) is 0 Å². The van der Waals surface area contributed by atoms with Crippen LogP contribution in [0.15, 0.2) is 0 Å². The monoisotopic (exact) mass is 190 g/mol. The van der Waals surface area contributed by atoms with Crippen molar-refractivity contribution in [1.82, 2.24) is 0 Å². The summed E-state index contributed by atoms with van der Waals surface area (Å²) in [6, 6.07) is 0. The third-order valence-electron chi connectivity index (χ3n) is 2.04. The van der Waals surface area contributed by atoms with Crippen LogP contribution >= 0.6 is 0 Å². The molecular weight excluding hydrogens is 168 g/mol. The standard InChI is InChI=1S/C14H22/c1-4-7-9-10-11-13-14(6-3)12-8-5-2/h14H,4-7,9-10H2,1-3H3. The third kappa shape index (κ3) is 7.75. The molecule has 0 saturated carbocycles. The molecule has 0 aliphatic carbocycles. The van der Waals surface area contributed by atoms with Gasteiger partial charge < -0.3 is 0 Å². The van der Waals surface area contributed by atoms with Gasteiger partial charge in [0.15, 0.2) is 0 Å². The maximum atomic E-state index is 3.24. The highest BCUT2D eigenvalue weighted by atomic mass is 14.0. The predicted molar refractivity (Wildman–Crippen MR) is 63.8 cm³/mol. The molecule has 0 saturated heterocycles. The lowest BCUT2D eigenvalue weighted by Gasteiger charge is -1.95. The second-order valence-corrected chi connectivity index (χ2v) is 3.41. The highest BCUT2D eigenvalue weighted by molar-refractivity contribution is 5.17. The van der Waals surface area contributed by atoms with Gasteiger partial charge in [0.25, 0.3) is 0 Å². The molecule has 0 radical (unpaired) electrons. The van der Waals surface area contributed by atoms with E-state index in [9.17, 15) is 0 Å². The Morgan fingerprint density at radius 1 is 0.929 bits per heavy atom. The molecule has 0 aromatic carbocycles. The molecular formula is C14H22. The van der Waals surface area contributed by atoms with Gasteiger partial charge in [-0.15, -0.1) is 11.8 Å². The van der Waals surface area contributed by atoms with E-state index in [-0.39, 0.29) is 0 Å². The summed E-state index contributed by atoms with van der Waals surface area (Å²) in [5, 5.41) is 0. The quantitative estimate of drug-likeness (QED) is 0.464. The van der Waals surface area contributed by atoms with Crippen LogP contribution < -0.4 is 0 Å². The van der Waals surface area contributed by atoms with Crippen molar-refractivity contribution >= 4 is 0 Å². The lowest BCUT2D eigenvalue weighted by molar-refractivity contribution is 0.735. The Labute approximate surface area is 89.5 Å². The molecule has 0 rings (SSSR count). The average molecular weight is 190 g/mol. The first-order valence-electron chi connectivity index (χ1n) is 5.81. The zero-order chi connectivity index (χ0) is 10.6. The van der Waals surface area contributed by atoms with Gasteiger partial charge in [-0.2, -0.15) is 0 Å². The fourth-order valence-electron chi connectivity index (χ4n) is 1.12. The van der Waals surface area contributed by atoms with Gasteiger partial charge in [0.05, 0.1) is 5.92 Å². The summed E-state index contributed by atoms with van der Waals surface area (Å²) in [6.07, 6.45) is 6.84. The zero-order valence-electron chi connectivity index (χ0n) is 9.82. The van der Waals surface area contributed by atoms with Gasteiger partial charge in [-0.1, -0.05) is 45.5 Å². The van der Waals surface area contributed by atoms with Crippen molar-refractivity contribution in [2.45, 2.75) is 59.3 Å². The average Bonchev–Trinajstić information content (AvgIpc) is 2.22. The Morgan fingerprint density at radius 3 is 2.21 bits per heavy atom. The SMILES string of the molecule is CCC#CC(C#CCCCCC)CC. The summed E-state index contributed by atoms with van der Waals surface area (Å²) < 4.78 is 0. The highest BCUT2D eigenvalue weighted by Gasteiger charge is 1.93. The molecule has 0 aromatic heterocycles. The molecule has 0 aromatic rings. The second kappa shape index (κ2) is 10.2. The van der Waals surface area contributed by atoms with Crippen molar-refractivity contribution in [2.24, 2.45) is 5.92 Å². The number of hydrogen-bond donors (Lipinski definition) is 0. The summed E-state index contributed by atoms with van der Waals surface area (Å²) in [5.74, 6) is 13.1. The van der Waals surface area contributed by atoms with Gasteiger partial charge in [-0.05, 0) is 12.8 Å². The lowest BCUT2D eigenvalue weighted by atomic mass is 10.1. The van der Waals surface area contributed by atoms with E-state index in [1.54, 1.807) is 0 Å². The van der Waals surface area contributed by atoms with Crippen molar-refractivity contribution in [1.29, 1.82) is 0 Å². The van der Waals surface area contributed by atoms with Crippen LogP contribution in [0.4, 0.5) is 0 Å². The second-order valence-electron chi connectivity index (χ2n) is 3.41. The molecule has 0 fully saturated rings. The smallest absolute Gasteiger partial charge is 0.0808 e. The largest absolute Gasteiger partial charge is 0.102 e. The molecule has 1 unspecified atom stereocenters. The van der Waals surface area contributed by atoms with Crippen LogP contribution in [0.5, 0.6) is 0 Å². The van der Waals surface area contributed by atoms with Crippen LogP contribution in [0.25, 0.3) is 0 Å². The number of rotatable bonds is 4. The molecule has 0 heterocycles. The van der Waals surface area contributed by atoms with Crippen molar-refractivity contribution in [3.8, 4) is 23.7 Å². The van der Waals surface area contributed by atoms with E-state index >= 15 is 0 Å². The number of unbranched alkanes of at least 4 members (excludes halogenated alkanes) is 3. The summed E-state index contributed by atoms with van der Waals surface area (Å²) >= 11 is 0. The molecule has 0 amide bonds. The van der Waals surface area contributed by atoms with E-state index < -0.39 is 0 Å². The maximum absolute atomic E-state index is 3.24. The van der Waals surface area contributed by atoms with Crippen molar-refractivity contribution < 1.29 is 0 Å². The first-order valence-corrected chi connectivity index (χ1v) is 5.81. The molecule has 1 atom stereocenters. The number of hydrogen-bond acceptors (Lipinski definition) is 0. The van der Waals surface area contributed by atoms with Crippen LogP contribution in [0.3, 0.4) is 0 Å². The minimum absolute atomic E-state index is 0.302. The van der Waals surface area contributed by atoms with E-state index in [1.165, 1.54) is 19.3 Å². The van der Waals surface area contributed by atoms with Gasteiger partial charge in [0.2, 0.25) is 0 Å². The molecule has 78 valence electrons. The summed E-state index contributed by atoms with van der Waals surface area (Å²) in [6.45, 7) is 6.44. The van der Waals surface area contributed by atoms with Gasteiger partial charge in [-0.25, -0.2) is 0 Å². The highest BCUT2D eigenvalue weighted by Crippen LogP contribution is 2.00. The molecule has 0 bridgehead atoms. The van der Waals surface area contributed by atoms with Gasteiger partial charge in [-0.3, -0.25) is 0 Å². The third-order valence-corrected chi connectivity index (χ3v) is 2.04. The molecule has 0 heteroatoms. The van der Waals surface area contributed by atoms with Gasteiger partial charge in [0, 0.05) is 12.8 Å². The Morgan fingerprint density at radius 2 is 1.64 bits per heavy atom. The van der Waals surface area contributed by atoms with E-state index in [0.717, 1.165) is 19.3 Å². The van der Waals surface area contributed by atoms with E-state index in [0.29, 0.717) is 5.92 Å². The normalized spacial score (nSPS) is 10.8. The molecule has 14 heavy (non-hydrogen) atoms. The van der Waals surface area contributed by atoms with E-state index in [2.05, 4.69) is 44.5 Å². The predicted octanol–water partition coefficient (Wildman–Crippen LogP) is 4.01. The Kier molecular flexibility index (Phi) is 9.56. The minimum atomic E-state index is 0.302. The van der Waals surface area contributed by atoms with Crippen LogP contribution in [-0.4, -0.2) is 0 Å². The van der Waals surface area contributed by atoms with Crippen LogP contribution in [0.2, 0.25) is 0 Å². The Balaban J connectivity index is 3.78. The molecule has 0 spiro atoms. The summed E-state index contributed by atoms with van der Waals surface area (Å²) in [4.78, 5) is 0. The maximum Gasteiger partial charge on any atom is 0.0808 e. The lowest BCUT2D eigenvalue weighted by Crippen LogP contribution is -1.89. The minimum Gasteiger partial charge on any atom is -0.102 e. The Bertz CT molecular complexity index is 228. The van der Waals surface area contributed by atoms with Crippen LogP contribution in [0, 0.1) is 29.6 Å². The van der Waals surface area contributed by atoms with Gasteiger partial charge >= 0.3 is 0 Å².